The smallest absolute Gasteiger partial charge is 0.333 e. The summed E-state index contributed by atoms with van der Waals surface area (Å²) in [6, 6.07) is 0. The lowest BCUT2D eigenvalue weighted by atomic mass is 10.4. The predicted octanol–water partition coefficient (Wildman–Crippen LogP) is 0.823. The van der Waals surface area contributed by atoms with Crippen LogP contribution < -0.4 is 5.32 Å². The maximum atomic E-state index is 11.0. The molecule has 0 fully saturated rings. The van der Waals surface area contributed by atoms with Crippen LogP contribution in [0.5, 0.6) is 0 Å². The van der Waals surface area contributed by atoms with Crippen molar-refractivity contribution in [3.63, 3.8) is 0 Å². The molecule has 19 heavy (non-hydrogen) atoms. The van der Waals surface area contributed by atoms with Crippen LogP contribution in [0.15, 0.2) is 12.4 Å². The third-order valence-corrected chi connectivity index (χ3v) is 2.68. The Morgan fingerprint density at radius 2 is 2.32 bits per heavy atom. The van der Waals surface area contributed by atoms with Crippen LogP contribution in [0.1, 0.15) is 12.6 Å². The summed E-state index contributed by atoms with van der Waals surface area (Å²) < 4.78 is 3.24. The minimum atomic E-state index is -0.410. The number of hydrogen-bond acceptors (Lipinski definition) is 6. The number of rotatable bonds is 6. The highest BCUT2D eigenvalue weighted by Gasteiger charge is 2.24. The van der Waals surface area contributed by atoms with Crippen molar-refractivity contribution in [2.45, 2.75) is 26.9 Å². The average Bonchev–Trinajstić information content (AvgIpc) is 2.97. The van der Waals surface area contributed by atoms with Gasteiger partial charge in [-0.15, -0.1) is 5.10 Å². The van der Waals surface area contributed by atoms with E-state index in [0.29, 0.717) is 31.1 Å². The van der Waals surface area contributed by atoms with E-state index >= 15 is 0 Å². The molecular formula is C10H15N7O2. The maximum absolute atomic E-state index is 11.0. The largest absolute Gasteiger partial charge is 0.363 e. The fraction of sp³-hybridized carbons (Fsp3) is 0.500. The molecule has 2 rings (SSSR count). The van der Waals surface area contributed by atoms with E-state index in [1.165, 1.54) is 0 Å². The van der Waals surface area contributed by atoms with E-state index in [0.717, 1.165) is 0 Å². The second-order valence-corrected chi connectivity index (χ2v) is 3.95. The first kappa shape index (κ1) is 13.0. The molecule has 0 aliphatic carbocycles. The van der Waals surface area contributed by atoms with Crippen molar-refractivity contribution in [3.05, 3.63) is 28.2 Å². The van der Waals surface area contributed by atoms with Gasteiger partial charge in [-0.2, -0.15) is 5.10 Å². The van der Waals surface area contributed by atoms with Crippen molar-refractivity contribution < 1.29 is 4.92 Å². The van der Waals surface area contributed by atoms with Crippen LogP contribution in [0.25, 0.3) is 0 Å². The first-order valence-corrected chi connectivity index (χ1v) is 5.93. The Morgan fingerprint density at radius 3 is 2.89 bits per heavy atom. The summed E-state index contributed by atoms with van der Waals surface area (Å²) in [6.45, 7) is 5.17. The minimum absolute atomic E-state index is 0.0282. The highest BCUT2D eigenvalue weighted by atomic mass is 16.6. The van der Waals surface area contributed by atoms with Crippen LogP contribution in [-0.2, 0) is 13.1 Å². The molecule has 0 atom stereocenters. The number of aryl methyl sites for hydroxylation is 2. The fourth-order valence-electron chi connectivity index (χ4n) is 1.84. The van der Waals surface area contributed by atoms with E-state index in [1.54, 1.807) is 28.7 Å². The molecule has 0 saturated carbocycles. The standard InChI is InChI=1S/C10H15N7O2/c1-3-16-10(9(17(18)19)8(2)13-16)11-4-6-15-7-5-12-14-15/h5,7,11H,3-4,6H2,1-2H3. The number of nitrogens with zero attached hydrogens (tertiary/aromatic N) is 6. The molecule has 2 aromatic heterocycles. The monoisotopic (exact) mass is 265 g/mol. The summed E-state index contributed by atoms with van der Waals surface area (Å²) in [5.41, 5.74) is 0.440. The zero-order valence-electron chi connectivity index (χ0n) is 10.8. The number of nitrogens with one attached hydrogen (secondary N) is 1. The minimum Gasteiger partial charge on any atom is -0.363 e. The molecule has 0 radical (unpaired) electrons. The summed E-state index contributed by atoms with van der Waals surface area (Å²) in [7, 11) is 0. The Kier molecular flexibility index (Phi) is 3.74. The quantitative estimate of drug-likeness (QED) is 0.612. The molecule has 0 unspecified atom stereocenters. The Morgan fingerprint density at radius 1 is 1.53 bits per heavy atom. The van der Waals surface area contributed by atoms with Crippen molar-refractivity contribution in [1.29, 1.82) is 0 Å². The maximum Gasteiger partial charge on any atom is 0.333 e. The highest BCUT2D eigenvalue weighted by molar-refractivity contribution is 5.59. The van der Waals surface area contributed by atoms with Crippen LogP contribution in [-0.4, -0.2) is 36.2 Å². The Labute approximate surface area is 109 Å². The van der Waals surface area contributed by atoms with Gasteiger partial charge in [0.1, 0.15) is 5.69 Å². The average molecular weight is 265 g/mol. The van der Waals surface area contributed by atoms with Gasteiger partial charge in [0, 0.05) is 19.3 Å². The second-order valence-electron chi connectivity index (χ2n) is 3.95. The van der Waals surface area contributed by atoms with Gasteiger partial charge in [0.25, 0.3) is 0 Å². The molecule has 1 N–H and O–H groups in total. The molecule has 0 amide bonds. The fourth-order valence-corrected chi connectivity index (χ4v) is 1.84. The van der Waals surface area contributed by atoms with Gasteiger partial charge in [-0.1, -0.05) is 5.21 Å². The van der Waals surface area contributed by atoms with Gasteiger partial charge in [0.05, 0.1) is 17.7 Å². The number of hydrogen-bond donors (Lipinski definition) is 1. The molecule has 0 spiro atoms. The van der Waals surface area contributed by atoms with Crippen molar-refractivity contribution in [1.82, 2.24) is 24.8 Å². The molecule has 0 aromatic carbocycles. The first-order valence-electron chi connectivity index (χ1n) is 5.93. The highest BCUT2D eigenvalue weighted by Crippen LogP contribution is 2.27. The third kappa shape index (κ3) is 2.69. The Balaban J connectivity index is 2.12. The van der Waals surface area contributed by atoms with Gasteiger partial charge in [-0.05, 0) is 13.8 Å². The third-order valence-electron chi connectivity index (χ3n) is 2.68. The molecular weight excluding hydrogens is 250 g/mol. The van der Waals surface area contributed by atoms with Crippen LogP contribution in [0.4, 0.5) is 11.5 Å². The number of aromatic nitrogens is 5. The normalized spacial score (nSPS) is 10.6. The van der Waals surface area contributed by atoms with Crippen molar-refractivity contribution in [2.75, 3.05) is 11.9 Å². The van der Waals surface area contributed by atoms with E-state index in [4.69, 9.17) is 0 Å². The zero-order valence-corrected chi connectivity index (χ0v) is 10.8. The molecule has 9 heteroatoms. The molecule has 2 aromatic rings. The van der Waals surface area contributed by atoms with Crippen molar-refractivity contribution in [2.24, 2.45) is 0 Å². The molecule has 0 bridgehead atoms. The number of nitro groups is 1. The molecule has 0 aliphatic heterocycles. The zero-order chi connectivity index (χ0) is 13.8. The molecule has 102 valence electrons. The number of anilines is 1. The first-order chi connectivity index (χ1) is 9.13. The summed E-state index contributed by atoms with van der Waals surface area (Å²) in [5.74, 6) is 0.435. The molecule has 2 heterocycles. The summed E-state index contributed by atoms with van der Waals surface area (Å²) in [6.07, 6.45) is 3.32. The summed E-state index contributed by atoms with van der Waals surface area (Å²) in [5, 5.41) is 25.7. The molecule has 9 nitrogen and oxygen atoms in total. The topological polar surface area (TPSA) is 104 Å². The van der Waals surface area contributed by atoms with E-state index in [-0.39, 0.29) is 5.69 Å². The van der Waals surface area contributed by atoms with Crippen LogP contribution >= 0.6 is 0 Å². The van der Waals surface area contributed by atoms with Crippen molar-refractivity contribution >= 4 is 11.5 Å². The predicted molar refractivity (Wildman–Crippen MR) is 67.8 cm³/mol. The Hall–Kier alpha value is -2.45. The van der Waals surface area contributed by atoms with E-state index in [9.17, 15) is 10.1 Å². The molecule has 0 saturated heterocycles. The van der Waals surface area contributed by atoms with Crippen LogP contribution in [0.3, 0.4) is 0 Å². The summed E-state index contributed by atoms with van der Waals surface area (Å²) in [4.78, 5) is 10.6. The van der Waals surface area contributed by atoms with E-state index in [1.807, 2.05) is 6.92 Å². The van der Waals surface area contributed by atoms with Crippen LogP contribution in [0.2, 0.25) is 0 Å². The Bertz CT molecular complexity index is 561. The van der Waals surface area contributed by atoms with E-state index in [2.05, 4.69) is 20.7 Å². The van der Waals surface area contributed by atoms with Gasteiger partial charge in [0.15, 0.2) is 0 Å². The lowest BCUT2D eigenvalue weighted by Crippen LogP contribution is -2.14. The van der Waals surface area contributed by atoms with Gasteiger partial charge >= 0.3 is 5.69 Å². The van der Waals surface area contributed by atoms with E-state index < -0.39 is 4.92 Å². The second kappa shape index (κ2) is 5.46. The van der Waals surface area contributed by atoms with Gasteiger partial charge in [-0.25, -0.2) is 4.68 Å². The van der Waals surface area contributed by atoms with Gasteiger partial charge < -0.3 is 5.32 Å². The SMILES string of the molecule is CCn1nc(C)c([N+](=O)[O-])c1NCCn1ccnn1. The van der Waals surface area contributed by atoms with Gasteiger partial charge in [0.2, 0.25) is 5.82 Å². The lowest BCUT2D eigenvalue weighted by Gasteiger charge is -2.07. The van der Waals surface area contributed by atoms with Crippen molar-refractivity contribution in [3.8, 4) is 0 Å². The lowest BCUT2D eigenvalue weighted by molar-refractivity contribution is -0.384. The van der Waals surface area contributed by atoms with Gasteiger partial charge in [-0.3, -0.25) is 14.8 Å². The summed E-state index contributed by atoms with van der Waals surface area (Å²) >= 11 is 0. The molecule has 0 aliphatic rings. The van der Waals surface area contributed by atoms with Crippen LogP contribution in [0, 0.1) is 17.0 Å².